The van der Waals surface area contributed by atoms with Crippen LogP contribution in [0.2, 0.25) is 0 Å². The predicted octanol–water partition coefficient (Wildman–Crippen LogP) is 4.43. The molecule has 3 rings (SSSR count). The lowest BCUT2D eigenvalue weighted by Crippen LogP contribution is -2.31. The van der Waals surface area contributed by atoms with E-state index < -0.39 is 0 Å². The molecule has 0 radical (unpaired) electrons. The second-order valence-corrected chi connectivity index (χ2v) is 8.71. The fourth-order valence-corrected chi connectivity index (χ4v) is 4.18. The van der Waals surface area contributed by atoms with Crippen molar-refractivity contribution in [1.29, 1.82) is 0 Å². The van der Waals surface area contributed by atoms with Crippen molar-refractivity contribution in [3.8, 4) is 11.5 Å². The highest BCUT2D eigenvalue weighted by Crippen LogP contribution is 2.39. The van der Waals surface area contributed by atoms with E-state index in [-0.39, 0.29) is 23.6 Å². The van der Waals surface area contributed by atoms with Gasteiger partial charge in [0.2, 0.25) is 0 Å². The second kappa shape index (κ2) is 8.74. The summed E-state index contributed by atoms with van der Waals surface area (Å²) in [7, 11) is 3.13. The Kier molecular flexibility index (Phi) is 6.33. The largest absolute Gasteiger partial charge is 0.493 e. The van der Waals surface area contributed by atoms with Crippen molar-refractivity contribution in [2.24, 2.45) is 0 Å². The van der Waals surface area contributed by atoms with Gasteiger partial charge in [-0.25, -0.2) is 0 Å². The van der Waals surface area contributed by atoms with Gasteiger partial charge in [0.1, 0.15) is 0 Å². The summed E-state index contributed by atoms with van der Waals surface area (Å²) in [5, 5.41) is 0.184. The molecule has 5 nitrogen and oxygen atoms in total. The first-order valence-corrected chi connectivity index (χ1v) is 10.3. The van der Waals surface area contributed by atoms with Crippen LogP contribution in [0.5, 0.6) is 11.5 Å². The Labute approximate surface area is 175 Å². The number of carbonyl (C=O) groups is 2. The van der Waals surface area contributed by atoms with Crippen LogP contribution in [0.15, 0.2) is 47.4 Å². The van der Waals surface area contributed by atoms with Gasteiger partial charge in [-0.2, -0.15) is 0 Å². The van der Waals surface area contributed by atoms with Crippen LogP contribution in [-0.2, 0) is 16.1 Å². The van der Waals surface area contributed by atoms with Gasteiger partial charge in [-0.15, -0.1) is 11.8 Å². The van der Waals surface area contributed by atoms with Gasteiger partial charge >= 0.3 is 0 Å². The topological polar surface area (TPSA) is 55.8 Å². The minimum atomic E-state index is -0.267. The van der Waals surface area contributed by atoms with E-state index in [1.807, 2.05) is 51.1 Å². The van der Waals surface area contributed by atoms with Gasteiger partial charge in [-0.1, -0.05) is 49.7 Å². The van der Waals surface area contributed by atoms with Crippen LogP contribution >= 0.6 is 11.8 Å². The van der Waals surface area contributed by atoms with Gasteiger partial charge in [0, 0.05) is 5.25 Å². The van der Waals surface area contributed by atoms with Gasteiger partial charge in [0.15, 0.2) is 11.5 Å². The lowest BCUT2D eigenvalue weighted by Gasteiger charge is -2.17. The number of thioether (sulfide) groups is 1. The smallest absolute Gasteiger partial charge is 0.268 e. The Morgan fingerprint density at radius 1 is 0.931 bits per heavy atom. The first-order valence-electron chi connectivity index (χ1n) is 9.40. The fourth-order valence-electron chi connectivity index (χ4n) is 3.18. The number of imide groups is 1. The molecule has 0 saturated heterocycles. The Hall–Kier alpha value is -2.73. The summed E-state index contributed by atoms with van der Waals surface area (Å²) in [6.45, 7) is 6.20. The number of methoxy groups -OCH3 is 2. The van der Waals surface area contributed by atoms with E-state index >= 15 is 0 Å². The maximum absolute atomic E-state index is 13.3. The third-order valence-electron chi connectivity index (χ3n) is 4.61. The highest BCUT2D eigenvalue weighted by Gasteiger charge is 2.39. The summed E-state index contributed by atoms with van der Waals surface area (Å²) < 4.78 is 10.6. The van der Waals surface area contributed by atoms with E-state index in [0.29, 0.717) is 22.0 Å². The Morgan fingerprint density at radius 3 is 2.17 bits per heavy atom. The first kappa shape index (κ1) is 21.0. The number of aryl methyl sites for hydroxylation is 1. The maximum Gasteiger partial charge on any atom is 0.268 e. The van der Waals surface area contributed by atoms with E-state index in [4.69, 9.17) is 9.47 Å². The molecule has 29 heavy (non-hydrogen) atoms. The summed E-state index contributed by atoms with van der Waals surface area (Å²) >= 11 is 1.43. The molecule has 2 amide bonds. The van der Waals surface area contributed by atoms with Crippen LogP contribution in [0.1, 0.15) is 30.5 Å². The van der Waals surface area contributed by atoms with Crippen molar-refractivity contribution in [1.82, 2.24) is 4.90 Å². The summed E-state index contributed by atoms with van der Waals surface area (Å²) in [4.78, 5) is 28.2. The third-order valence-corrected chi connectivity index (χ3v) is 5.69. The lowest BCUT2D eigenvalue weighted by molar-refractivity contribution is -0.137. The molecule has 0 atom stereocenters. The number of rotatable bonds is 7. The number of carbonyl (C=O) groups excluding carboxylic acids is 2. The minimum Gasteiger partial charge on any atom is -0.493 e. The van der Waals surface area contributed by atoms with Crippen molar-refractivity contribution in [3.63, 3.8) is 0 Å². The average molecular weight is 412 g/mol. The number of ether oxygens (including phenoxy) is 2. The normalized spacial score (nSPS) is 14.2. The molecule has 1 aliphatic rings. The highest BCUT2D eigenvalue weighted by atomic mass is 32.2. The SMILES string of the molecule is COc1ccc(CN2C(=O)C(SC(C)C)=C(c3ccc(C)cc3)C2=O)cc1OC. The highest BCUT2D eigenvalue weighted by molar-refractivity contribution is 8.04. The number of benzene rings is 2. The summed E-state index contributed by atoms with van der Waals surface area (Å²) in [6, 6.07) is 13.1. The van der Waals surface area contributed by atoms with Gasteiger partial charge < -0.3 is 9.47 Å². The van der Waals surface area contributed by atoms with Crippen LogP contribution in [-0.4, -0.2) is 36.2 Å². The van der Waals surface area contributed by atoms with Crippen molar-refractivity contribution in [3.05, 3.63) is 64.1 Å². The van der Waals surface area contributed by atoms with E-state index in [2.05, 4.69) is 0 Å². The van der Waals surface area contributed by atoms with Crippen LogP contribution < -0.4 is 9.47 Å². The van der Waals surface area contributed by atoms with E-state index in [1.165, 1.54) is 16.7 Å². The summed E-state index contributed by atoms with van der Waals surface area (Å²) in [6.07, 6.45) is 0. The molecular formula is C23H25NO4S. The molecule has 152 valence electrons. The Bertz CT molecular complexity index is 963. The van der Waals surface area contributed by atoms with Crippen LogP contribution in [0, 0.1) is 6.92 Å². The molecule has 0 spiro atoms. The summed E-state index contributed by atoms with van der Waals surface area (Å²) in [5.41, 5.74) is 3.15. The number of hydrogen-bond donors (Lipinski definition) is 0. The Morgan fingerprint density at radius 2 is 1.59 bits per heavy atom. The van der Waals surface area contributed by atoms with Crippen molar-refractivity contribution < 1.29 is 19.1 Å². The Balaban J connectivity index is 1.96. The molecule has 0 saturated carbocycles. The molecule has 6 heteroatoms. The zero-order valence-corrected chi connectivity index (χ0v) is 18.1. The van der Waals surface area contributed by atoms with E-state index in [9.17, 15) is 9.59 Å². The number of hydrogen-bond acceptors (Lipinski definition) is 5. The molecule has 1 aliphatic heterocycles. The third kappa shape index (κ3) is 4.32. The average Bonchev–Trinajstić information content (AvgIpc) is 2.92. The molecule has 0 aliphatic carbocycles. The molecule has 0 aromatic heterocycles. The molecule has 0 unspecified atom stereocenters. The number of nitrogens with zero attached hydrogens (tertiary/aromatic N) is 1. The lowest BCUT2D eigenvalue weighted by atomic mass is 10.0. The molecule has 2 aromatic carbocycles. The quantitative estimate of drug-likeness (QED) is 0.631. The van der Waals surface area contributed by atoms with Gasteiger partial charge in [0.25, 0.3) is 11.8 Å². The molecule has 1 heterocycles. The van der Waals surface area contributed by atoms with Crippen LogP contribution in [0.4, 0.5) is 0 Å². The maximum atomic E-state index is 13.3. The molecule has 0 N–H and O–H groups in total. The van der Waals surface area contributed by atoms with Crippen molar-refractivity contribution in [2.45, 2.75) is 32.6 Å². The second-order valence-electron chi connectivity index (χ2n) is 7.12. The van der Waals surface area contributed by atoms with Crippen LogP contribution in [0.25, 0.3) is 5.57 Å². The zero-order chi connectivity index (χ0) is 21.1. The summed E-state index contributed by atoms with van der Waals surface area (Å²) in [5.74, 6) is 0.647. The fraction of sp³-hybridized carbons (Fsp3) is 0.304. The molecule has 0 bridgehead atoms. The number of amides is 2. The first-order chi connectivity index (χ1) is 13.8. The van der Waals surface area contributed by atoms with E-state index in [1.54, 1.807) is 26.4 Å². The van der Waals surface area contributed by atoms with Gasteiger partial charge in [-0.05, 0) is 30.2 Å². The van der Waals surface area contributed by atoms with Crippen molar-refractivity contribution >= 4 is 29.1 Å². The van der Waals surface area contributed by atoms with Gasteiger partial charge in [0.05, 0.1) is 31.2 Å². The van der Waals surface area contributed by atoms with E-state index in [0.717, 1.165) is 16.7 Å². The zero-order valence-electron chi connectivity index (χ0n) is 17.3. The molecular weight excluding hydrogens is 386 g/mol. The van der Waals surface area contributed by atoms with Crippen LogP contribution in [0.3, 0.4) is 0 Å². The van der Waals surface area contributed by atoms with Gasteiger partial charge in [-0.3, -0.25) is 14.5 Å². The predicted molar refractivity (Wildman–Crippen MR) is 116 cm³/mol. The molecule has 0 fully saturated rings. The minimum absolute atomic E-state index is 0.176. The van der Waals surface area contributed by atoms with Crippen molar-refractivity contribution in [2.75, 3.05) is 14.2 Å². The monoisotopic (exact) mass is 411 g/mol. The molecule has 2 aromatic rings. The standard InChI is InChI=1S/C23H25NO4S/c1-14(2)29-21-20(17-9-6-15(3)7-10-17)22(25)24(23(21)26)13-16-8-11-18(27-4)19(12-16)28-5/h6-12,14H,13H2,1-5H3.